The summed E-state index contributed by atoms with van der Waals surface area (Å²) in [6, 6.07) is 0.261. The number of ether oxygens (including phenoxy) is 1. The fourth-order valence-corrected chi connectivity index (χ4v) is 3.85. The van der Waals surface area contributed by atoms with Crippen LogP contribution in [0.15, 0.2) is 0 Å². The lowest BCUT2D eigenvalue weighted by Gasteiger charge is -2.32. The standard InChI is InChI=1S/C14H28N2O3/c1-13(2)9(12(15-5)14(3,4)19-13)6-16-7-10(17)11(18)8-16/h9-12,15,17-18H,6-8H2,1-5H3. The molecule has 2 aliphatic heterocycles. The first-order valence-electron chi connectivity index (χ1n) is 7.13. The maximum absolute atomic E-state index is 9.66. The normalized spacial score (nSPS) is 41.8. The smallest absolute Gasteiger partial charge is 0.0938 e. The van der Waals surface area contributed by atoms with Gasteiger partial charge in [-0.25, -0.2) is 0 Å². The fourth-order valence-electron chi connectivity index (χ4n) is 3.85. The van der Waals surface area contributed by atoms with Crippen LogP contribution in [0, 0.1) is 5.92 Å². The lowest BCUT2D eigenvalue weighted by Crippen LogP contribution is -2.49. The summed E-state index contributed by atoms with van der Waals surface area (Å²) in [5.41, 5.74) is -0.421. The minimum absolute atomic E-state index is 0.208. The molecule has 5 nitrogen and oxygen atoms in total. The number of nitrogens with zero attached hydrogens (tertiary/aromatic N) is 1. The van der Waals surface area contributed by atoms with Gasteiger partial charge in [-0.3, -0.25) is 4.90 Å². The molecule has 112 valence electrons. The van der Waals surface area contributed by atoms with Crippen molar-refractivity contribution in [3.63, 3.8) is 0 Å². The summed E-state index contributed by atoms with van der Waals surface area (Å²) in [6.45, 7) is 10.4. The van der Waals surface area contributed by atoms with Crippen molar-refractivity contribution < 1.29 is 14.9 Å². The van der Waals surface area contributed by atoms with Crippen molar-refractivity contribution in [1.29, 1.82) is 0 Å². The molecule has 3 N–H and O–H groups in total. The van der Waals surface area contributed by atoms with Crippen molar-refractivity contribution in [2.24, 2.45) is 5.92 Å². The summed E-state index contributed by atoms with van der Waals surface area (Å²) in [5, 5.41) is 22.7. The monoisotopic (exact) mass is 272 g/mol. The maximum Gasteiger partial charge on any atom is 0.0938 e. The van der Waals surface area contributed by atoms with Crippen LogP contribution in [0.2, 0.25) is 0 Å². The van der Waals surface area contributed by atoms with Crippen molar-refractivity contribution in [2.45, 2.75) is 57.1 Å². The van der Waals surface area contributed by atoms with E-state index in [9.17, 15) is 10.2 Å². The van der Waals surface area contributed by atoms with E-state index in [1.54, 1.807) is 0 Å². The molecule has 0 aliphatic carbocycles. The van der Waals surface area contributed by atoms with Gasteiger partial charge in [-0.05, 0) is 34.7 Å². The van der Waals surface area contributed by atoms with Crippen molar-refractivity contribution >= 4 is 0 Å². The summed E-state index contributed by atoms with van der Waals surface area (Å²) in [6.07, 6.45) is -1.24. The summed E-state index contributed by atoms with van der Waals surface area (Å²) < 4.78 is 6.20. The van der Waals surface area contributed by atoms with Crippen LogP contribution < -0.4 is 5.32 Å². The molecule has 5 heteroatoms. The van der Waals surface area contributed by atoms with Gasteiger partial charge in [0.1, 0.15) is 0 Å². The molecule has 0 aromatic heterocycles. The zero-order valence-corrected chi connectivity index (χ0v) is 12.7. The second kappa shape index (κ2) is 4.97. The Bertz CT molecular complexity index is 323. The molecular weight excluding hydrogens is 244 g/mol. The van der Waals surface area contributed by atoms with Crippen LogP contribution in [-0.2, 0) is 4.74 Å². The van der Waals surface area contributed by atoms with E-state index in [4.69, 9.17) is 4.74 Å². The van der Waals surface area contributed by atoms with E-state index in [-0.39, 0.29) is 17.2 Å². The molecule has 4 unspecified atom stereocenters. The molecule has 2 rings (SSSR count). The minimum atomic E-state index is -0.619. The number of hydrogen-bond acceptors (Lipinski definition) is 5. The van der Waals surface area contributed by atoms with Crippen LogP contribution in [0.25, 0.3) is 0 Å². The number of aliphatic hydroxyl groups excluding tert-OH is 2. The largest absolute Gasteiger partial charge is 0.389 e. The van der Waals surface area contributed by atoms with Gasteiger partial charge in [0.25, 0.3) is 0 Å². The van der Waals surface area contributed by atoms with Crippen molar-refractivity contribution in [3.05, 3.63) is 0 Å². The van der Waals surface area contributed by atoms with Gasteiger partial charge in [0.05, 0.1) is 23.4 Å². The molecule has 2 saturated heterocycles. The lowest BCUT2D eigenvalue weighted by molar-refractivity contribution is -0.0792. The predicted molar refractivity (Wildman–Crippen MR) is 74.0 cm³/mol. The Hall–Kier alpha value is -0.200. The number of β-amino-alcohol motifs (C(OH)–C–C–N with tert-alkyl or cyclic N) is 2. The number of nitrogens with one attached hydrogen (secondary N) is 1. The molecular formula is C14H28N2O3. The minimum Gasteiger partial charge on any atom is -0.389 e. The van der Waals surface area contributed by atoms with Gasteiger partial charge < -0.3 is 20.3 Å². The molecule has 2 heterocycles. The Morgan fingerprint density at radius 2 is 1.63 bits per heavy atom. The Balaban J connectivity index is 2.09. The van der Waals surface area contributed by atoms with Gasteiger partial charge in [0, 0.05) is 31.6 Å². The van der Waals surface area contributed by atoms with Crippen molar-refractivity contribution in [2.75, 3.05) is 26.7 Å². The number of hydrogen-bond donors (Lipinski definition) is 3. The van der Waals surface area contributed by atoms with E-state index in [0.29, 0.717) is 19.0 Å². The lowest BCUT2D eigenvalue weighted by atomic mass is 9.82. The Kier molecular flexibility index (Phi) is 3.97. The van der Waals surface area contributed by atoms with Gasteiger partial charge in [0.2, 0.25) is 0 Å². The van der Waals surface area contributed by atoms with E-state index < -0.39 is 12.2 Å². The average Bonchev–Trinajstić information content (AvgIpc) is 2.63. The Morgan fingerprint density at radius 3 is 2.11 bits per heavy atom. The van der Waals surface area contributed by atoms with E-state index in [2.05, 4.69) is 37.9 Å². The number of rotatable bonds is 3. The third kappa shape index (κ3) is 2.81. The number of likely N-dealkylation sites (tertiary alicyclic amines) is 1. The third-order valence-electron chi connectivity index (χ3n) is 4.67. The van der Waals surface area contributed by atoms with Crippen molar-refractivity contribution in [1.82, 2.24) is 10.2 Å². The van der Waals surface area contributed by atoms with Crippen LogP contribution >= 0.6 is 0 Å². The number of aliphatic hydroxyl groups is 2. The SMILES string of the molecule is CNC1C(CN2CC(O)C(O)C2)C(C)(C)OC1(C)C. The molecule has 0 saturated carbocycles. The summed E-state index contributed by atoms with van der Waals surface area (Å²) >= 11 is 0. The van der Waals surface area contributed by atoms with Gasteiger partial charge in [-0.2, -0.15) is 0 Å². The summed E-state index contributed by atoms with van der Waals surface area (Å²) in [5.74, 6) is 0.324. The first kappa shape index (κ1) is 15.2. The highest BCUT2D eigenvalue weighted by Gasteiger charge is 2.53. The van der Waals surface area contributed by atoms with Crippen LogP contribution in [0.1, 0.15) is 27.7 Å². The summed E-state index contributed by atoms with van der Waals surface area (Å²) in [4.78, 5) is 2.14. The average molecular weight is 272 g/mol. The fraction of sp³-hybridized carbons (Fsp3) is 1.00. The zero-order chi connectivity index (χ0) is 14.4. The van der Waals surface area contributed by atoms with E-state index >= 15 is 0 Å². The molecule has 0 radical (unpaired) electrons. The van der Waals surface area contributed by atoms with Crippen molar-refractivity contribution in [3.8, 4) is 0 Å². The first-order valence-corrected chi connectivity index (χ1v) is 7.13. The van der Waals surface area contributed by atoms with E-state index in [1.807, 2.05) is 7.05 Å². The van der Waals surface area contributed by atoms with E-state index in [0.717, 1.165) is 6.54 Å². The Morgan fingerprint density at radius 1 is 1.11 bits per heavy atom. The topological polar surface area (TPSA) is 65.0 Å². The van der Waals surface area contributed by atoms with Crippen LogP contribution in [-0.4, -0.2) is 71.2 Å². The van der Waals surface area contributed by atoms with Crippen LogP contribution in [0.3, 0.4) is 0 Å². The molecule has 2 aliphatic rings. The van der Waals surface area contributed by atoms with Gasteiger partial charge >= 0.3 is 0 Å². The molecule has 0 aromatic carbocycles. The summed E-state index contributed by atoms with van der Waals surface area (Å²) in [7, 11) is 1.97. The molecule has 0 spiro atoms. The van der Waals surface area contributed by atoms with E-state index in [1.165, 1.54) is 0 Å². The quantitative estimate of drug-likeness (QED) is 0.665. The van der Waals surface area contributed by atoms with Crippen LogP contribution in [0.4, 0.5) is 0 Å². The molecule has 2 fully saturated rings. The molecule has 19 heavy (non-hydrogen) atoms. The highest BCUT2D eigenvalue weighted by molar-refractivity contribution is 5.06. The second-order valence-corrected chi connectivity index (χ2v) is 7.04. The van der Waals surface area contributed by atoms with Gasteiger partial charge in [0.15, 0.2) is 0 Å². The third-order valence-corrected chi connectivity index (χ3v) is 4.67. The predicted octanol–water partition coefficient (Wildman–Crippen LogP) is -0.185. The first-order chi connectivity index (χ1) is 8.67. The zero-order valence-electron chi connectivity index (χ0n) is 12.7. The molecule has 0 amide bonds. The Labute approximate surface area is 115 Å². The molecule has 0 aromatic rings. The van der Waals surface area contributed by atoms with Gasteiger partial charge in [-0.15, -0.1) is 0 Å². The maximum atomic E-state index is 9.66. The highest BCUT2D eigenvalue weighted by atomic mass is 16.5. The number of likely N-dealkylation sites (N-methyl/N-ethyl adjacent to an activating group) is 1. The highest BCUT2D eigenvalue weighted by Crippen LogP contribution is 2.42. The van der Waals surface area contributed by atoms with Gasteiger partial charge in [-0.1, -0.05) is 0 Å². The van der Waals surface area contributed by atoms with Crippen LogP contribution in [0.5, 0.6) is 0 Å². The molecule has 4 atom stereocenters. The molecule has 0 bridgehead atoms. The second-order valence-electron chi connectivity index (χ2n) is 7.04.